The molecule has 0 amide bonds. The predicted octanol–water partition coefficient (Wildman–Crippen LogP) is 3.62. The van der Waals surface area contributed by atoms with Crippen LogP contribution < -0.4 is 0 Å². The third kappa shape index (κ3) is 2.40. The zero-order valence-electron chi connectivity index (χ0n) is 10.3. The number of ketones is 1. The zero-order valence-corrected chi connectivity index (χ0v) is 11.8. The van der Waals surface area contributed by atoms with Gasteiger partial charge in [0.25, 0.3) is 0 Å². The van der Waals surface area contributed by atoms with E-state index < -0.39 is 0 Å². The molecular formula is C14H9Cl2N3O. The van der Waals surface area contributed by atoms with Crippen LogP contribution in [-0.2, 0) is 6.54 Å². The molecule has 1 heterocycles. The number of fused-ring (bicyclic) bond motifs is 1. The number of carbonyl (C=O) groups excluding carboxylic acids is 1. The highest BCUT2D eigenvalue weighted by Gasteiger charge is 2.14. The van der Waals surface area contributed by atoms with Gasteiger partial charge in [-0.2, -0.15) is 0 Å². The van der Waals surface area contributed by atoms with Crippen molar-refractivity contribution < 1.29 is 4.79 Å². The maximum absolute atomic E-state index is 12.3. The van der Waals surface area contributed by atoms with Crippen molar-refractivity contribution in [3.8, 4) is 0 Å². The highest BCUT2D eigenvalue weighted by Crippen LogP contribution is 2.22. The van der Waals surface area contributed by atoms with Gasteiger partial charge in [0.2, 0.25) is 0 Å². The molecule has 2 aromatic carbocycles. The molecule has 0 aliphatic carbocycles. The van der Waals surface area contributed by atoms with Crippen LogP contribution in [0.5, 0.6) is 0 Å². The van der Waals surface area contributed by atoms with Crippen LogP contribution in [0.15, 0.2) is 42.5 Å². The summed E-state index contributed by atoms with van der Waals surface area (Å²) < 4.78 is 1.55. The first-order chi connectivity index (χ1) is 9.65. The van der Waals surface area contributed by atoms with Gasteiger partial charge in [0, 0.05) is 10.6 Å². The molecule has 0 saturated heterocycles. The number of halogens is 2. The van der Waals surface area contributed by atoms with Crippen LogP contribution in [0.25, 0.3) is 11.0 Å². The number of benzene rings is 2. The lowest BCUT2D eigenvalue weighted by molar-refractivity contribution is 0.0968. The summed E-state index contributed by atoms with van der Waals surface area (Å²) in [5.74, 6) is -0.159. The molecule has 0 N–H and O–H groups in total. The Hall–Kier alpha value is -1.91. The van der Waals surface area contributed by atoms with Crippen LogP contribution in [0, 0.1) is 0 Å². The molecule has 0 unspecified atom stereocenters. The summed E-state index contributed by atoms with van der Waals surface area (Å²) in [5.41, 5.74) is 1.94. The van der Waals surface area contributed by atoms with Gasteiger partial charge >= 0.3 is 0 Å². The molecule has 0 spiro atoms. The molecular weight excluding hydrogens is 297 g/mol. The average molecular weight is 306 g/mol. The van der Waals surface area contributed by atoms with Crippen LogP contribution in [0.3, 0.4) is 0 Å². The molecule has 0 atom stereocenters. The van der Waals surface area contributed by atoms with E-state index >= 15 is 0 Å². The van der Waals surface area contributed by atoms with Crippen molar-refractivity contribution in [1.82, 2.24) is 15.0 Å². The fourth-order valence-electron chi connectivity index (χ4n) is 1.97. The summed E-state index contributed by atoms with van der Waals surface area (Å²) in [7, 11) is 0. The van der Waals surface area contributed by atoms with Gasteiger partial charge in [-0.3, -0.25) is 4.79 Å². The second-order valence-electron chi connectivity index (χ2n) is 4.28. The summed E-state index contributed by atoms with van der Waals surface area (Å²) in [4.78, 5) is 12.3. The van der Waals surface area contributed by atoms with E-state index in [1.807, 2.05) is 24.3 Å². The van der Waals surface area contributed by atoms with Crippen molar-refractivity contribution in [2.75, 3.05) is 0 Å². The molecule has 3 aromatic rings. The monoisotopic (exact) mass is 305 g/mol. The van der Waals surface area contributed by atoms with Crippen LogP contribution in [0.2, 0.25) is 10.0 Å². The maximum atomic E-state index is 12.3. The van der Waals surface area contributed by atoms with Crippen LogP contribution >= 0.6 is 23.2 Å². The van der Waals surface area contributed by atoms with Gasteiger partial charge in [0.05, 0.1) is 10.5 Å². The van der Waals surface area contributed by atoms with E-state index in [1.54, 1.807) is 22.9 Å². The minimum Gasteiger partial charge on any atom is -0.292 e. The topological polar surface area (TPSA) is 47.8 Å². The fraction of sp³-hybridized carbons (Fsp3) is 0.0714. The van der Waals surface area contributed by atoms with Gasteiger partial charge in [0.15, 0.2) is 5.78 Å². The summed E-state index contributed by atoms with van der Waals surface area (Å²) >= 11 is 11.9. The van der Waals surface area contributed by atoms with Crippen molar-refractivity contribution in [1.29, 1.82) is 0 Å². The second-order valence-corrected chi connectivity index (χ2v) is 5.13. The fourth-order valence-corrected chi connectivity index (χ4v) is 2.36. The van der Waals surface area contributed by atoms with E-state index in [4.69, 9.17) is 23.2 Å². The Kier molecular flexibility index (Phi) is 3.42. The number of nitrogens with zero attached hydrogens (tertiary/aromatic N) is 3. The molecule has 100 valence electrons. The predicted molar refractivity (Wildman–Crippen MR) is 78.3 cm³/mol. The van der Waals surface area contributed by atoms with E-state index in [0.717, 1.165) is 11.0 Å². The Balaban J connectivity index is 1.94. The highest BCUT2D eigenvalue weighted by molar-refractivity contribution is 6.35. The number of carbonyl (C=O) groups is 1. The number of hydrogen-bond donors (Lipinski definition) is 0. The van der Waals surface area contributed by atoms with Crippen molar-refractivity contribution in [3.05, 3.63) is 58.1 Å². The van der Waals surface area contributed by atoms with Gasteiger partial charge < -0.3 is 0 Å². The van der Waals surface area contributed by atoms with Gasteiger partial charge in [0.1, 0.15) is 12.1 Å². The Labute approximate surface area is 124 Å². The van der Waals surface area contributed by atoms with Crippen molar-refractivity contribution in [2.24, 2.45) is 0 Å². The van der Waals surface area contributed by atoms with Gasteiger partial charge in [-0.1, -0.05) is 40.5 Å². The molecule has 20 heavy (non-hydrogen) atoms. The molecule has 0 radical (unpaired) electrons. The van der Waals surface area contributed by atoms with Crippen molar-refractivity contribution >= 4 is 40.0 Å². The molecule has 1 aromatic heterocycles. The molecule has 0 aliphatic rings. The lowest BCUT2D eigenvalue weighted by Gasteiger charge is -2.05. The van der Waals surface area contributed by atoms with Crippen molar-refractivity contribution in [3.63, 3.8) is 0 Å². The van der Waals surface area contributed by atoms with Gasteiger partial charge in [-0.25, -0.2) is 4.68 Å². The standard InChI is InChI=1S/C14H9Cl2N3O/c15-9-5-6-11(16)10(7-9)14(20)8-19-13-4-2-1-3-12(13)17-18-19/h1-7H,8H2. The van der Waals surface area contributed by atoms with Crippen molar-refractivity contribution in [2.45, 2.75) is 6.54 Å². The third-order valence-electron chi connectivity index (χ3n) is 2.94. The summed E-state index contributed by atoms with van der Waals surface area (Å²) in [6, 6.07) is 12.3. The first-order valence-corrected chi connectivity index (χ1v) is 6.67. The Bertz CT molecular complexity index is 798. The summed E-state index contributed by atoms with van der Waals surface area (Å²) in [6.07, 6.45) is 0. The van der Waals surface area contributed by atoms with Gasteiger partial charge in [-0.05, 0) is 30.3 Å². The molecule has 0 bridgehead atoms. The third-order valence-corrected chi connectivity index (χ3v) is 3.51. The van der Waals surface area contributed by atoms with E-state index in [-0.39, 0.29) is 12.3 Å². The molecule has 4 nitrogen and oxygen atoms in total. The largest absolute Gasteiger partial charge is 0.292 e. The summed E-state index contributed by atoms with van der Waals surface area (Å²) in [6.45, 7) is 0.0700. The number of rotatable bonds is 3. The first kappa shape index (κ1) is 13.1. The Morgan fingerprint density at radius 3 is 2.80 bits per heavy atom. The van der Waals surface area contributed by atoms with Crippen LogP contribution in [0.1, 0.15) is 10.4 Å². The lowest BCUT2D eigenvalue weighted by atomic mass is 10.1. The first-order valence-electron chi connectivity index (χ1n) is 5.91. The molecule has 3 rings (SSSR count). The second kappa shape index (κ2) is 5.23. The smallest absolute Gasteiger partial charge is 0.185 e. The lowest BCUT2D eigenvalue weighted by Crippen LogP contribution is -2.12. The molecule has 0 aliphatic heterocycles. The SMILES string of the molecule is O=C(Cn1nnc2ccccc21)c1cc(Cl)ccc1Cl. The molecule has 0 saturated carbocycles. The quantitative estimate of drug-likeness (QED) is 0.694. The maximum Gasteiger partial charge on any atom is 0.185 e. The zero-order chi connectivity index (χ0) is 14.1. The number of hydrogen-bond acceptors (Lipinski definition) is 3. The van der Waals surface area contributed by atoms with E-state index in [2.05, 4.69) is 10.3 Å². The van der Waals surface area contributed by atoms with Crippen LogP contribution in [-0.4, -0.2) is 20.8 Å². The minimum absolute atomic E-state index is 0.0700. The van der Waals surface area contributed by atoms with E-state index in [1.165, 1.54) is 0 Å². The molecule has 0 fully saturated rings. The Morgan fingerprint density at radius 1 is 1.15 bits per heavy atom. The van der Waals surface area contributed by atoms with E-state index in [0.29, 0.717) is 15.6 Å². The molecule has 6 heteroatoms. The number of Topliss-reactive ketones (excluding diaryl/α,β-unsaturated/α-hetero) is 1. The van der Waals surface area contributed by atoms with Gasteiger partial charge in [-0.15, -0.1) is 5.10 Å². The normalized spacial score (nSPS) is 10.9. The minimum atomic E-state index is -0.159. The Morgan fingerprint density at radius 2 is 1.95 bits per heavy atom. The summed E-state index contributed by atoms with van der Waals surface area (Å²) in [5, 5.41) is 8.84. The average Bonchev–Trinajstić information content (AvgIpc) is 2.85. The highest BCUT2D eigenvalue weighted by atomic mass is 35.5. The number of aromatic nitrogens is 3. The number of para-hydroxylation sites is 1. The van der Waals surface area contributed by atoms with E-state index in [9.17, 15) is 4.79 Å². The van der Waals surface area contributed by atoms with Crippen LogP contribution in [0.4, 0.5) is 0 Å².